The Kier molecular flexibility index (Phi) is 5.11. The molecule has 3 heteroatoms. The molecule has 0 amide bonds. The monoisotopic (exact) mass is 352 g/mol. The molecule has 0 aliphatic carbocycles. The van der Waals surface area contributed by atoms with E-state index in [1.165, 1.54) is 11.1 Å². The van der Waals surface area contributed by atoms with Crippen LogP contribution < -0.4 is 4.74 Å². The molecule has 0 unspecified atom stereocenters. The molecule has 0 N–H and O–H groups in total. The van der Waals surface area contributed by atoms with Gasteiger partial charge < -0.3 is 4.74 Å². The Balaban J connectivity index is 2.23. The van der Waals surface area contributed by atoms with E-state index in [0.29, 0.717) is 5.92 Å². The lowest BCUT2D eigenvalue weighted by molar-refractivity contribution is 0.412. The minimum atomic E-state index is 0.558. The van der Waals surface area contributed by atoms with Crippen LogP contribution in [-0.4, -0.2) is 7.11 Å². The van der Waals surface area contributed by atoms with Gasteiger partial charge >= 0.3 is 0 Å². The molecule has 0 atom stereocenters. The SMILES string of the molecule is COc1cc(Cl)c(Cc2ccc(C(C)C)cc2)cc1Br. The highest BCUT2D eigenvalue weighted by Crippen LogP contribution is 2.32. The molecule has 20 heavy (non-hydrogen) atoms. The van der Waals surface area contributed by atoms with Crippen molar-refractivity contribution in [2.24, 2.45) is 0 Å². The number of methoxy groups -OCH3 is 1. The van der Waals surface area contributed by atoms with E-state index < -0.39 is 0 Å². The molecule has 0 aliphatic rings. The molecule has 0 saturated carbocycles. The number of ether oxygens (including phenoxy) is 1. The van der Waals surface area contributed by atoms with Crippen molar-refractivity contribution in [3.05, 3.63) is 62.6 Å². The van der Waals surface area contributed by atoms with E-state index in [4.69, 9.17) is 16.3 Å². The van der Waals surface area contributed by atoms with Gasteiger partial charge in [-0.1, -0.05) is 49.7 Å². The number of halogens is 2. The van der Waals surface area contributed by atoms with Crippen LogP contribution in [0.5, 0.6) is 5.75 Å². The second-order valence-electron chi connectivity index (χ2n) is 5.15. The Morgan fingerprint density at radius 1 is 1.15 bits per heavy atom. The van der Waals surface area contributed by atoms with Crippen LogP contribution in [0, 0.1) is 0 Å². The number of rotatable bonds is 4. The lowest BCUT2D eigenvalue weighted by atomic mass is 9.99. The summed E-state index contributed by atoms with van der Waals surface area (Å²) in [5, 5.41) is 0.734. The summed E-state index contributed by atoms with van der Waals surface area (Å²) in [7, 11) is 1.64. The Bertz CT molecular complexity index is 591. The van der Waals surface area contributed by atoms with Gasteiger partial charge in [-0.3, -0.25) is 0 Å². The molecule has 0 bridgehead atoms. The Labute approximate surface area is 134 Å². The quantitative estimate of drug-likeness (QED) is 0.672. The first-order valence-electron chi connectivity index (χ1n) is 6.62. The van der Waals surface area contributed by atoms with Gasteiger partial charge in [0.1, 0.15) is 5.75 Å². The molecule has 2 aromatic rings. The van der Waals surface area contributed by atoms with E-state index in [1.54, 1.807) is 7.11 Å². The molecule has 0 spiro atoms. The van der Waals surface area contributed by atoms with E-state index >= 15 is 0 Å². The van der Waals surface area contributed by atoms with Crippen LogP contribution in [0.25, 0.3) is 0 Å². The number of benzene rings is 2. The first kappa shape index (κ1) is 15.4. The summed E-state index contributed by atoms with van der Waals surface area (Å²) in [5.41, 5.74) is 3.71. The largest absolute Gasteiger partial charge is 0.496 e. The molecule has 1 nitrogen and oxygen atoms in total. The molecule has 0 aromatic heterocycles. The third-order valence-electron chi connectivity index (χ3n) is 3.36. The summed E-state index contributed by atoms with van der Waals surface area (Å²) in [6.07, 6.45) is 0.819. The van der Waals surface area contributed by atoms with Gasteiger partial charge in [0, 0.05) is 11.1 Å². The molecule has 106 valence electrons. The van der Waals surface area contributed by atoms with E-state index in [2.05, 4.69) is 54.0 Å². The number of hydrogen-bond acceptors (Lipinski definition) is 1. The Morgan fingerprint density at radius 3 is 2.35 bits per heavy atom. The maximum Gasteiger partial charge on any atom is 0.134 e. The predicted molar refractivity (Wildman–Crippen MR) is 89.0 cm³/mol. The van der Waals surface area contributed by atoms with E-state index in [-0.39, 0.29) is 0 Å². The van der Waals surface area contributed by atoms with Crippen molar-refractivity contribution < 1.29 is 4.74 Å². The van der Waals surface area contributed by atoms with Crippen molar-refractivity contribution in [3.8, 4) is 5.75 Å². The van der Waals surface area contributed by atoms with Gasteiger partial charge in [0.25, 0.3) is 0 Å². The zero-order valence-electron chi connectivity index (χ0n) is 11.9. The second-order valence-corrected chi connectivity index (χ2v) is 6.41. The van der Waals surface area contributed by atoms with E-state index in [1.807, 2.05) is 12.1 Å². The van der Waals surface area contributed by atoms with Gasteiger partial charge in [0.2, 0.25) is 0 Å². The van der Waals surface area contributed by atoms with Gasteiger partial charge in [-0.2, -0.15) is 0 Å². The standard InChI is InChI=1S/C17H18BrClO/c1-11(2)13-6-4-12(5-7-13)8-14-9-15(18)17(20-3)10-16(14)19/h4-7,9-11H,8H2,1-3H3. The third kappa shape index (κ3) is 3.56. The van der Waals surface area contributed by atoms with Crippen molar-refractivity contribution in [1.29, 1.82) is 0 Å². The fourth-order valence-corrected chi connectivity index (χ4v) is 2.88. The van der Waals surface area contributed by atoms with Crippen LogP contribution in [-0.2, 0) is 6.42 Å². The van der Waals surface area contributed by atoms with Crippen molar-refractivity contribution in [2.45, 2.75) is 26.2 Å². The van der Waals surface area contributed by atoms with Crippen molar-refractivity contribution in [1.82, 2.24) is 0 Å². The molecule has 0 saturated heterocycles. The summed E-state index contributed by atoms with van der Waals surface area (Å²) in [6.45, 7) is 4.40. The molecular weight excluding hydrogens is 336 g/mol. The summed E-state index contributed by atoms with van der Waals surface area (Å²) in [6, 6.07) is 12.6. The molecule has 0 heterocycles. The lowest BCUT2D eigenvalue weighted by Crippen LogP contribution is -1.93. The first-order valence-corrected chi connectivity index (χ1v) is 7.79. The Morgan fingerprint density at radius 2 is 1.80 bits per heavy atom. The van der Waals surface area contributed by atoms with Crippen LogP contribution >= 0.6 is 27.5 Å². The average Bonchev–Trinajstić information content (AvgIpc) is 2.43. The van der Waals surface area contributed by atoms with Crippen LogP contribution in [0.15, 0.2) is 40.9 Å². The maximum absolute atomic E-state index is 6.31. The summed E-state index contributed by atoms with van der Waals surface area (Å²) < 4.78 is 6.17. The van der Waals surface area contributed by atoms with E-state index in [0.717, 1.165) is 27.2 Å². The van der Waals surface area contributed by atoms with Crippen LogP contribution in [0.2, 0.25) is 5.02 Å². The van der Waals surface area contributed by atoms with Gasteiger partial charge in [0.15, 0.2) is 0 Å². The highest BCUT2D eigenvalue weighted by atomic mass is 79.9. The third-order valence-corrected chi connectivity index (χ3v) is 4.33. The summed E-state index contributed by atoms with van der Waals surface area (Å²) in [4.78, 5) is 0. The first-order chi connectivity index (χ1) is 9.51. The minimum Gasteiger partial charge on any atom is -0.496 e. The fourth-order valence-electron chi connectivity index (χ4n) is 2.10. The highest BCUT2D eigenvalue weighted by Gasteiger charge is 2.08. The molecule has 2 rings (SSSR count). The zero-order chi connectivity index (χ0) is 14.7. The second kappa shape index (κ2) is 6.64. The molecule has 0 radical (unpaired) electrons. The van der Waals surface area contributed by atoms with Crippen LogP contribution in [0.3, 0.4) is 0 Å². The molecular formula is C17H18BrClO. The smallest absolute Gasteiger partial charge is 0.134 e. The normalized spacial score (nSPS) is 10.9. The van der Waals surface area contributed by atoms with Crippen molar-refractivity contribution in [3.63, 3.8) is 0 Å². The van der Waals surface area contributed by atoms with Crippen molar-refractivity contribution >= 4 is 27.5 Å². The summed E-state index contributed by atoms with van der Waals surface area (Å²) in [5.74, 6) is 1.32. The van der Waals surface area contributed by atoms with Gasteiger partial charge in [0.05, 0.1) is 11.6 Å². The highest BCUT2D eigenvalue weighted by molar-refractivity contribution is 9.10. The minimum absolute atomic E-state index is 0.558. The molecule has 0 fully saturated rings. The van der Waals surface area contributed by atoms with Gasteiger partial charge in [-0.15, -0.1) is 0 Å². The summed E-state index contributed by atoms with van der Waals surface area (Å²) >= 11 is 9.81. The van der Waals surface area contributed by atoms with Crippen molar-refractivity contribution in [2.75, 3.05) is 7.11 Å². The van der Waals surface area contributed by atoms with Crippen LogP contribution in [0.4, 0.5) is 0 Å². The van der Waals surface area contributed by atoms with Gasteiger partial charge in [-0.05, 0) is 51.0 Å². The zero-order valence-corrected chi connectivity index (χ0v) is 14.3. The Hall–Kier alpha value is -0.990. The average molecular weight is 354 g/mol. The topological polar surface area (TPSA) is 9.23 Å². The number of hydrogen-bond donors (Lipinski definition) is 0. The predicted octanol–water partition coefficient (Wildman–Crippen LogP) is 5.83. The lowest BCUT2D eigenvalue weighted by Gasteiger charge is -2.10. The fraction of sp³-hybridized carbons (Fsp3) is 0.294. The molecule has 2 aromatic carbocycles. The molecule has 0 aliphatic heterocycles. The maximum atomic E-state index is 6.31. The van der Waals surface area contributed by atoms with E-state index in [9.17, 15) is 0 Å². The van der Waals surface area contributed by atoms with Gasteiger partial charge in [-0.25, -0.2) is 0 Å². The van der Waals surface area contributed by atoms with Crippen LogP contribution in [0.1, 0.15) is 36.5 Å².